The third-order valence-corrected chi connectivity index (χ3v) is 5.72. The van der Waals surface area contributed by atoms with Crippen LogP contribution >= 0.6 is 0 Å². The second-order valence-corrected chi connectivity index (χ2v) is 8.15. The number of ether oxygens (including phenoxy) is 4. The molecule has 2 rings (SSSR count). The highest BCUT2D eigenvalue weighted by atomic mass is 16.6. The van der Waals surface area contributed by atoms with Gasteiger partial charge in [-0.25, -0.2) is 14.6 Å². The first-order valence-corrected chi connectivity index (χ1v) is 12.5. The molecule has 0 aliphatic heterocycles. The van der Waals surface area contributed by atoms with Crippen LogP contribution in [0.25, 0.3) is 0 Å². The van der Waals surface area contributed by atoms with Gasteiger partial charge < -0.3 is 29.4 Å². The third-order valence-electron chi connectivity index (χ3n) is 5.72. The Balaban J connectivity index is 0.000000678. The van der Waals surface area contributed by atoms with Crippen LogP contribution in [0, 0.1) is 22.7 Å². The monoisotopic (exact) mass is 554 g/mol. The van der Waals surface area contributed by atoms with Crippen LogP contribution in [0.3, 0.4) is 0 Å². The lowest BCUT2D eigenvalue weighted by molar-refractivity contribution is -0.166. The number of hydrogen-bond acceptors (Lipinski definition) is 11. The summed E-state index contributed by atoms with van der Waals surface area (Å²) in [6.07, 6.45) is 4.50. The van der Waals surface area contributed by atoms with Crippen LogP contribution in [-0.2, 0) is 42.9 Å². The van der Waals surface area contributed by atoms with Crippen LogP contribution in [0.1, 0.15) is 40.5 Å². The van der Waals surface area contributed by atoms with Crippen LogP contribution in [0.2, 0.25) is 0 Å². The van der Waals surface area contributed by atoms with Gasteiger partial charge in [0.25, 0.3) is 0 Å². The molecule has 0 bridgehead atoms. The van der Waals surface area contributed by atoms with Crippen molar-refractivity contribution in [2.24, 2.45) is 27.7 Å². The molecule has 39 heavy (non-hydrogen) atoms. The molecule has 13 heteroatoms. The van der Waals surface area contributed by atoms with E-state index in [-0.39, 0.29) is 38.3 Å². The predicted octanol–water partition coefficient (Wildman–Crippen LogP) is 2.20. The first-order chi connectivity index (χ1) is 18.5. The SMILES string of the molecule is C=CC1CC1(C(=O)O)C(=O)OCC.C=CC1CC1(C(=O)OCC)C(=O)OCCOC(=O)NCC.CCN=C=O. The molecule has 218 valence electrons. The molecule has 2 aliphatic carbocycles. The summed E-state index contributed by atoms with van der Waals surface area (Å²) in [6, 6.07) is 0. The number of amides is 1. The summed E-state index contributed by atoms with van der Waals surface area (Å²) >= 11 is 0. The number of carboxylic acids is 1. The van der Waals surface area contributed by atoms with Crippen LogP contribution in [0.15, 0.2) is 30.3 Å². The summed E-state index contributed by atoms with van der Waals surface area (Å²) in [7, 11) is 0. The first-order valence-electron chi connectivity index (χ1n) is 12.5. The van der Waals surface area contributed by atoms with E-state index in [1.165, 1.54) is 12.2 Å². The van der Waals surface area contributed by atoms with E-state index in [0.29, 0.717) is 25.9 Å². The van der Waals surface area contributed by atoms with Crippen molar-refractivity contribution in [1.82, 2.24) is 5.32 Å². The number of isocyanates is 1. The van der Waals surface area contributed by atoms with Crippen molar-refractivity contribution in [2.75, 3.05) is 39.5 Å². The van der Waals surface area contributed by atoms with Gasteiger partial charge in [0.1, 0.15) is 13.2 Å². The van der Waals surface area contributed by atoms with E-state index in [1.54, 1.807) is 33.8 Å². The van der Waals surface area contributed by atoms with Gasteiger partial charge >= 0.3 is 30.0 Å². The average molecular weight is 555 g/mol. The highest BCUT2D eigenvalue weighted by Crippen LogP contribution is 2.55. The summed E-state index contributed by atoms with van der Waals surface area (Å²) in [4.78, 5) is 69.4. The smallest absolute Gasteiger partial charge is 0.407 e. The minimum Gasteiger partial charge on any atom is -0.480 e. The third kappa shape index (κ3) is 9.68. The van der Waals surface area contributed by atoms with Gasteiger partial charge in [0.2, 0.25) is 6.08 Å². The zero-order valence-electron chi connectivity index (χ0n) is 22.9. The van der Waals surface area contributed by atoms with Gasteiger partial charge in [-0.2, -0.15) is 0 Å². The Morgan fingerprint density at radius 1 is 0.872 bits per heavy atom. The summed E-state index contributed by atoms with van der Waals surface area (Å²) in [5, 5.41) is 11.3. The molecule has 0 heterocycles. The molecule has 0 aromatic rings. The topological polar surface area (TPSA) is 184 Å². The van der Waals surface area contributed by atoms with Crippen molar-refractivity contribution in [2.45, 2.75) is 40.5 Å². The zero-order chi connectivity index (χ0) is 30.1. The molecular weight excluding hydrogens is 516 g/mol. The van der Waals surface area contributed by atoms with E-state index >= 15 is 0 Å². The number of nitrogens with zero attached hydrogens (tertiary/aromatic N) is 1. The van der Waals surface area contributed by atoms with Crippen molar-refractivity contribution in [1.29, 1.82) is 0 Å². The fourth-order valence-corrected chi connectivity index (χ4v) is 3.44. The number of carbonyl (C=O) groups is 5. The highest BCUT2D eigenvalue weighted by molar-refractivity contribution is 6.04. The Morgan fingerprint density at radius 2 is 1.33 bits per heavy atom. The maximum absolute atomic E-state index is 12.1. The van der Waals surface area contributed by atoms with E-state index in [9.17, 15) is 24.0 Å². The van der Waals surface area contributed by atoms with Crippen molar-refractivity contribution in [3.8, 4) is 0 Å². The largest absolute Gasteiger partial charge is 0.480 e. The van der Waals surface area contributed by atoms with E-state index < -0.39 is 40.8 Å². The lowest BCUT2D eigenvalue weighted by atomic mass is 10.0. The molecule has 4 atom stereocenters. The molecule has 4 unspecified atom stereocenters. The lowest BCUT2D eigenvalue weighted by Gasteiger charge is -2.14. The van der Waals surface area contributed by atoms with E-state index in [4.69, 9.17) is 28.8 Å². The van der Waals surface area contributed by atoms with Crippen LogP contribution in [0.4, 0.5) is 4.79 Å². The van der Waals surface area contributed by atoms with Gasteiger partial charge in [0, 0.05) is 24.9 Å². The molecule has 0 aromatic heterocycles. The average Bonchev–Trinajstić information content (AvgIpc) is 3.81. The normalized spacial score (nSPS) is 23.3. The van der Waals surface area contributed by atoms with E-state index in [1.807, 2.05) is 0 Å². The lowest BCUT2D eigenvalue weighted by Crippen LogP contribution is -2.33. The Kier molecular flexibility index (Phi) is 15.7. The Morgan fingerprint density at radius 3 is 1.69 bits per heavy atom. The number of aliphatic imine (C=N–C) groups is 1. The van der Waals surface area contributed by atoms with Crippen molar-refractivity contribution in [3.05, 3.63) is 25.3 Å². The molecule has 1 amide bonds. The Labute approximate surface area is 227 Å². The molecular formula is C26H38N2O11. The van der Waals surface area contributed by atoms with Gasteiger partial charge in [-0.05, 0) is 40.5 Å². The standard InChI is InChI=1S/C14H21NO6.C9H12O4.C3H5NO/c1-4-10-9-14(10,11(16)19-6-3)12(17)20-7-8-21-13(18)15-5-2;1-3-6-5-9(6,7(10)11)8(12)13-4-2;1-2-4-3-5/h4,10H,1,5-9H2,2-3H3,(H,15,18);3,6H,1,4-5H2,2H3,(H,10,11);2H2,1H3. The molecule has 13 nitrogen and oxygen atoms in total. The quantitative estimate of drug-likeness (QED) is 0.0647. The Bertz CT molecular complexity index is 944. The first kappa shape index (κ1) is 35.0. The molecule has 0 saturated heterocycles. The minimum absolute atomic E-state index is 0.0742. The molecule has 2 N–H and O–H groups in total. The summed E-state index contributed by atoms with van der Waals surface area (Å²) in [5.74, 6) is -3.56. The molecule has 2 aliphatic rings. The zero-order valence-corrected chi connectivity index (χ0v) is 22.9. The van der Waals surface area contributed by atoms with Crippen LogP contribution in [-0.4, -0.2) is 80.7 Å². The van der Waals surface area contributed by atoms with Gasteiger partial charge in [0.15, 0.2) is 10.8 Å². The predicted molar refractivity (Wildman–Crippen MR) is 137 cm³/mol. The maximum Gasteiger partial charge on any atom is 0.407 e. The number of esters is 3. The highest BCUT2D eigenvalue weighted by Gasteiger charge is 2.67. The van der Waals surface area contributed by atoms with E-state index in [2.05, 4.69) is 23.5 Å². The molecule has 2 saturated carbocycles. The number of hydrogen-bond donors (Lipinski definition) is 2. The van der Waals surface area contributed by atoms with Crippen LogP contribution < -0.4 is 5.32 Å². The van der Waals surface area contributed by atoms with Gasteiger partial charge in [-0.1, -0.05) is 12.2 Å². The fraction of sp³-hybridized carbons (Fsp3) is 0.615. The summed E-state index contributed by atoms with van der Waals surface area (Å²) in [6.45, 7) is 15.1. The molecule has 2 fully saturated rings. The van der Waals surface area contributed by atoms with Crippen LogP contribution in [0.5, 0.6) is 0 Å². The summed E-state index contributed by atoms with van der Waals surface area (Å²) in [5.41, 5.74) is -2.61. The molecule has 0 aromatic carbocycles. The molecule has 0 spiro atoms. The van der Waals surface area contributed by atoms with Gasteiger partial charge in [-0.3, -0.25) is 19.2 Å². The second kappa shape index (κ2) is 17.5. The minimum atomic E-state index is -1.34. The number of carbonyl (C=O) groups excluding carboxylic acids is 5. The number of nitrogens with one attached hydrogen (secondary N) is 1. The summed E-state index contributed by atoms with van der Waals surface area (Å²) < 4.78 is 19.4. The van der Waals surface area contributed by atoms with Crippen molar-refractivity contribution >= 4 is 36.1 Å². The number of allylic oxidation sites excluding steroid dienone is 2. The Hall–Kier alpha value is -3.99. The number of carboxylic acid groups (broad SMARTS) is 1. The number of aliphatic carboxylic acids is 1. The van der Waals surface area contributed by atoms with Gasteiger partial charge in [0.05, 0.1) is 13.2 Å². The second-order valence-electron chi connectivity index (χ2n) is 8.15. The van der Waals surface area contributed by atoms with Gasteiger partial charge in [-0.15, -0.1) is 13.2 Å². The molecule has 0 radical (unpaired) electrons. The van der Waals surface area contributed by atoms with Crippen molar-refractivity contribution in [3.63, 3.8) is 0 Å². The fourth-order valence-electron chi connectivity index (χ4n) is 3.44. The number of rotatable bonds is 13. The van der Waals surface area contributed by atoms with E-state index in [0.717, 1.165) is 0 Å². The number of alkyl carbamates (subject to hydrolysis) is 1. The maximum atomic E-state index is 12.1. The van der Waals surface area contributed by atoms with Crippen molar-refractivity contribution < 1.29 is 52.8 Å².